The number of anilines is 1. The van der Waals surface area contributed by atoms with E-state index in [-0.39, 0.29) is 11.9 Å². The van der Waals surface area contributed by atoms with Gasteiger partial charge in [0.25, 0.3) is 0 Å². The highest BCUT2D eigenvalue weighted by atomic mass is 16.5. The molecule has 5 nitrogen and oxygen atoms in total. The lowest BCUT2D eigenvalue weighted by molar-refractivity contribution is -0.117. The molecule has 0 spiro atoms. The van der Waals surface area contributed by atoms with Gasteiger partial charge in [-0.15, -0.1) is 0 Å². The summed E-state index contributed by atoms with van der Waals surface area (Å²) < 4.78 is 4.77. The molecule has 3 rings (SSSR count). The van der Waals surface area contributed by atoms with Crippen molar-refractivity contribution in [2.45, 2.75) is 18.9 Å². The number of fused-ring (bicyclic) bond motifs is 1. The summed E-state index contributed by atoms with van der Waals surface area (Å²) in [6.45, 7) is 0.924. The van der Waals surface area contributed by atoms with Crippen molar-refractivity contribution in [2.24, 2.45) is 0 Å². The first kappa shape index (κ1) is 17.2. The number of ether oxygens (including phenoxy) is 1. The van der Waals surface area contributed by atoms with E-state index < -0.39 is 5.97 Å². The van der Waals surface area contributed by atoms with E-state index >= 15 is 0 Å². The van der Waals surface area contributed by atoms with Crippen molar-refractivity contribution < 1.29 is 14.3 Å². The van der Waals surface area contributed by atoms with Crippen LogP contribution in [0.15, 0.2) is 48.5 Å². The lowest BCUT2D eigenvalue weighted by atomic mass is 9.91. The zero-order valence-corrected chi connectivity index (χ0v) is 14.5. The summed E-state index contributed by atoms with van der Waals surface area (Å²) in [5.41, 5.74) is 3.34. The van der Waals surface area contributed by atoms with E-state index in [1.807, 2.05) is 19.2 Å². The zero-order valence-electron chi connectivity index (χ0n) is 14.5. The van der Waals surface area contributed by atoms with Gasteiger partial charge in [-0.1, -0.05) is 36.4 Å². The van der Waals surface area contributed by atoms with Crippen molar-refractivity contribution in [1.29, 1.82) is 0 Å². The number of para-hydroxylation sites is 1. The second kappa shape index (κ2) is 7.49. The average molecular weight is 338 g/mol. The maximum Gasteiger partial charge on any atom is 0.339 e. The van der Waals surface area contributed by atoms with Gasteiger partial charge in [-0.25, -0.2) is 4.79 Å². The molecule has 130 valence electrons. The molecule has 1 atom stereocenters. The second-order valence-electron chi connectivity index (χ2n) is 6.23. The Kier molecular flexibility index (Phi) is 5.14. The third kappa shape index (κ3) is 3.72. The molecule has 1 heterocycles. The van der Waals surface area contributed by atoms with Gasteiger partial charge in [-0.3, -0.25) is 9.69 Å². The minimum absolute atomic E-state index is 0.0373. The highest BCUT2D eigenvalue weighted by Crippen LogP contribution is 2.31. The minimum Gasteiger partial charge on any atom is -0.465 e. The minimum atomic E-state index is -0.462. The van der Waals surface area contributed by atoms with Crippen LogP contribution in [-0.2, 0) is 16.0 Å². The van der Waals surface area contributed by atoms with Crippen molar-refractivity contribution in [3.8, 4) is 0 Å². The quantitative estimate of drug-likeness (QED) is 0.871. The summed E-state index contributed by atoms with van der Waals surface area (Å²) in [5, 5.41) is 2.86. The SMILES string of the molecule is COC(=O)c1ccccc1NC(=O)CC1c2ccccc2CCN1C. The topological polar surface area (TPSA) is 58.6 Å². The highest BCUT2D eigenvalue weighted by Gasteiger charge is 2.26. The molecule has 0 fully saturated rings. The Morgan fingerprint density at radius 2 is 1.88 bits per heavy atom. The predicted molar refractivity (Wildman–Crippen MR) is 96.5 cm³/mol. The van der Waals surface area contributed by atoms with Gasteiger partial charge in [-0.2, -0.15) is 0 Å². The normalized spacial score (nSPS) is 16.8. The fourth-order valence-electron chi connectivity index (χ4n) is 3.30. The summed E-state index contributed by atoms with van der Waals surface area (Å²) in [5.74, 6) is -0.582. The van der Waals surface area contributed by atoms with Crippen LogP contribution in [0.3, 0.4) is 0 Å². The van der Waals surface area contributed by atoms with Crippen molar-refractivity contribution in [2.75, 3.05) is 26.0 Å². The largest absolute Gasteiger partial charge is 0.465 e. The number of esters is 1. The number of methoxy groups -OCH3 is 1. The molecule has 2 aromatic carbocycles. The molecule has 5 heteroatoms. The Morgan fingerprint density at radius 1 is 1.16 bits per heavy atom. The van der Waals surface area contributed by atoms with E-state index in [1.165, 1.54) is 18.2 Å². The van der Waals surface area contributed by atoms with Crippen LogP contribution < -0.4 is 5.32 Å². The van der Waals surface area contributed by atoms with Crippen LogP contribution in [0.4, 0.5) is 5.69 Å². The lowest BCUT2D eigenvalue weighted by Crippen LogP contribution is -2.34. The number of hydrogen-bond donors (Lipinski definition) is 1. The monoisotopic (exact) mass is 338 g/mol. The summed E-state index contributed by atoms with van der Waals surface area (Å²) in [6.07, 6.45) is 1.33. The number of rotatable bonds is 4. The molecule has 0 bridgehead atoms. The molecule has 1 aliphatic heterocycles. The van der Waals surface area contributed by atoms with Gasteiger partial charge in [0.2, 0.25) is 5.91 Å². The fraction of sp³-hybridized carbons (Fsp3) is 0.300. The van der Waals surface area contributed by atoms with E-state index in [2.05, 4.69) is 22.3 Å². The van der Waals surface area contributed by atoms with Crippen LogP contribution in [0.2, 0.25) is 0 Å². The molecule has 2 aromatic rings. The fourth-order valence-corrected chi connectivity index (χ4v) is 3.30. The van der Waals surface area contributed by atoms with E-state index in [9.17, 15) is 9.59 Å². The van der Waals surface area contributed by atoms with Crippen LogP contribution >= 0.6 is 0 Å². The Morgan fingerprint density at radius 3 is 2.68 bits per heavy atom. The number of carbonyl (C=O) groups excluding carboxylic acids is 2. The van der Waals surface area contributed by atoms with Crippen LogP contribution in [0.25, 0.3) is 0 Å². The van der Waals surface area contributed by atoms with Gasteiger partial charge >= 0.3 is 5.97 Å². The molecule has 1 unspecified atom stereocenters. The number of amides is 1. The van der Waals surface area contributed by atoms with Gasteiger partial charge in [0.1, 0.15) is 0 Å². The first-order chi connectivity index (χ1) is 12.1. The second-order valence-corrected chi connectivity index (χ2v) is 6.23. The number of hydrogen-bond acceptors (Lipinski definition) is 4. The molecule has 0 saturated carbocycles. The predicted octanol–water partition coefficient (Wildman–Crippen LogP) is 3.03. The smallest absolute Gasteiger partial charge is 0.339 e. The van der Waals surface area contributed by atoms with E-state index in [4.69, 9.17) is 4.74 Å². The van der Waals surface area contributed by atoms with E-state index in [0.717, 1.165) is 13.0 Å². The number of carbonyl (C=O) groups is 2. The molecule has 1 aliphatic rings. The molecule has 0 saturated heterocycles. The van der Waals surface area contributed by atoms with Crippen molar-refractivity contribution >= 4 is 17.6 Å². The molecule has 0 aliphatic carbocycles. The molecule has 1 N–H and O–H groups in total. The first-order valence-corrected chi connectivity index (χ1v) is 8.35. The van der Waals surface area contributed by atoms with Gasteiger partial charge < -0.3 is 10.1 Å². The molecular weight excluding hydrogens is 316 g/mol. The zero-order chi connectivity index (χ0) is 17.8. The first-order valence-electron chi connectivity index (χ1n) is 8.35. The summed E-state index contributed by atoms with van der Waals surface area (Å²) in [4.78, 5) is 26.7. The Labute approximate surface area is 147 Å². The summed E-state index contributed by atoms with van der Waals surface area (Å²) in [7, 11) is 3.37. The third-order valence-corrected chi connectivity index (χ3v) is 4.67. The van der Waals surface area contributed by atoms with Crippen LogP contribution in [0.1, 0.15) is 33.9 Å². The van der Waals surface area contributed by atoms with Gasteiger partial charge in [0, 0.05) is 19.0 Å². The molecular formula is C20H22N2O3. The van der Waals surface area contributed by atoms with Gasteiger partial charge in [-0.05, 0) is 36.7 Å². The highest BCUT2D eigenvalue weighted by molar-refractivity contribution is 6.01. The number of nitrogens with one attached hydrogen (secondary N) is 1. The Balaban J connectivity index is 1.77. The van der Waals surface area contributed by atoms with Gasteiger partial charge in [0.05, 0.1) is 18.4 Å². The van der Waals surface area contributed by atoms with Crippen molar-refractivity contribution in [3.63, 3.8) is 0 Å². The van der Waals surface area contributed by atoms with Crippen molar-refractivity contribution in [1.82, 2.24) is 4.90 Å². The maximum absolute atomic E-state index is 12.6. The lowest BCUT2D eigenvalue weighted by Gasteiger charge is -2.34. The standard InChI is InChI=1S/C20H22N2O3/c1-22-12-11-14-7-3-4-8-15(14)18(22)13-19(23)21-17-10-6-5-9-16(17)20(24)25-2/h3-10,18H,11-13H2,1-2H3,(H,21,23). The Bertz CT molecular complexity index is 788. The molecule has 0 aromatic heterocycles. The maximum atomic E-state index is 12.6. The number of likely N-dealkylation sites (N-methyl/N-ethyl adjacent to an activating group) is 1. The average Bonchev–Trinajstić information content (AvgIpc) is 2.64. The van der Waals surface area contributed by atoms with Crippen molar-refractivity contribution in [3.05, 3.63) is 65.2 Å². The van der Waals surface area contributed by atoms with Crippen LogP contribution in [0, 0.1) is 0 Å². The molecule has 25 heavy (non-hydrogen) atoms. The van der Waals surface area contributed by atoms with Crippen LogP contribution in [0.5, 0.6) is 0 Å². The molecule has 0 radical (unpaired) electrons. The number of nitrogens with zero attached hydrogens (tertiary/aromatic N) is 1. The number of benzene rings is 2. The third-order valence-electron chi connectivity index (χ3n) is 4.67. The van der Waals surface area contributed by atoms with E-state index in [1.54, 1.807) is 24.3 Å². The summed E-state index contributed by atoms with van der Waals surface area (Å²) in [6, 6.07) is 15.2. The van der Waals surface area contributed by atoms with Gasteiger partial charge in [0.15, 0.2) is 0 Å². The van der Waals surface area contributed by atoms with E-state index in [0.29, 0.717) is 17.7 Å². The summed E-state index contributed by atoms with van der Waals surface area (Å²) >= 11 is 0. The van der Waals surface area contributed by atoms with Crippen LogP contribution in [-0.4, -0.2) is 37.5 Å². The molecule has 1 amide bonds. The Hall–Kier alpha value is -2.66.